The number of esters is 1. The summed E-state index contributed by atoms with van der Waals surface area (Å²) in [5.74, 6) is -0.614. The van der Waals surface area contributed by atoms with Gasteiger partial charge in [-0.2, -0.15) is 5.09 Å². The molecule has 1 fully saturated rings. The van der Waals surface area contributed by atoms with Crippen LogP contribution >= 0.6 is 20.0 Å². The van der Waals surface area contributed by atoms with E-state index in [1.807, 2.05) is 0 Å². The zero-order valence-corrected chi connectivity index (χ0v) is 21.9. The third kappa shape index (κ3) is 6.89. The Labute approximate surface area is 216 Å². The number of aromatic nitrogens is 2. The lowest BCUT2D eigenvalue weighted by atomic mass is 9.97. The molecule has 204 valence electrons. The molecular weight excluding hydrogens is 535 g/mol. The standard InChI is InChI=1S/C22H28F2N3O8PS/c1-13(2)33-19(30)14(3)26-36(31,35-15-7-5-4-6-8-15)32-11-16-18(29)22(24,12-23)20(34-16)27-10-9-17(28)25-21(27)37/h4-10,13-14,16,18,20,29H,11-12H2,1-3H3,(H,26,31)(H,25,28,37)/t14-,16+,18?,20+,22+,36?/m0/s1. The highest BCUT2D eigenvalue weighted by Gasteiger charge is 2.59. The molecule has 37 heavy (non-hydrogen) atoms. The molecule has 2 aromatic rings. The van der Waals surface area contributed by atoms with Gasteiger partial charge in [-0.25, -0.2) is 13.3 Å². The first-order valence-electron chi connectivity index (χ1n) is 11.3. The second-order valence-corrected chi connectivity index (χ2v) is 10.7. The average Bonchev–Trinajstić information content (AvgIpc) is 3.08. The number of alkyl halides is 2. The van der Waals surface area contributed by atoms with E-state index in [4.69, 9.17) is 30.7 Å². The van der Waals surface area contributed by atoms with E-state index in [-0.39, 0.29) is 10.5 Å². The van der Waals surface area contributed by atoms with Gasteiger partial charge in [-0.05, 0) is 45.1 Å². The molecule has 0 bridgehead atoms. The van der Waals surface area contributed by atoms with Gasteiger partial charge in [0.15, 0.2) is 11.0 Å². The summed E-state index contributed by atoms with van der Waals surface area (Å²) >= 11 is 5.01. The minimum Gasteiger partial charge on any atom is -0.462 e. The van der Waals surface area contributed by atoms with Gasteiger partial charge in [0.05, 0.1) is 12.7 Å². The van der Waals surface area contributed by atoms with Crippen LogP contribution in [0.15, 0.2) is 47.4 Å². The second-order valence-electron chi connectivity index (χ2n) is 8.58. The summed E-state index contributed by atoms with van der Waals surface area (Å²) in [6.07, 6.45) is -4.73. The molecule has 15 heteroatoms. The first-order valence-corrected chi connectivity index (χ1v) is 13.2. The van der Waals surface area contributed by atoms with Crippen molar-refractivity contribution in [2.75, 3.05) is 13.3 Å². The number of rotatable bonds is 11. The van der Waals surface area contributed by atoms with Crippen molar-refractivity contribution in [1.29, 1.82) is 0 Å². The van der Waals surface area contributed by atoms with Gasteiger partial charge in [-0.3, -0.25) is 23.7 Å². The van der Waals surface area contributed by atoms with Gasteiger partial charge in [0.25, 0.3) is 5.56 Å². The molecule has 1 saturated heterocycles. The molecule has 11 nitrogen and oxygen atoms in total. The fourth-order valence-corrected chi connectivity index (χ4v) is 5.26. The van der Waals surface area contributed by atoms with Crippen LogP contribution < -0.4 is 15.2 Å². The highest BCUT2D eigenvalue weighted by Crippen LogP contribution is 2.48. The minimum absolute atomic E-state index is 0.122. The zero-order chi connectivity index (χ0) is 27.4. The number of nitrogens with one attached hydrogen (secondary N) is 2. The molecule has 1 aromatic heterocycles. The van der Waals surface area contributed by atoms with Gasteiger partial charge in [-0.1, -0.05) is 18.2 Å². The first-order chi connectivity index (χ1) is 17.4. The van der Waals surface area contributed by atoms with Gasteiger partial charge in [-0.15, -0.1) is 0 Å². The molecule has 0 amide bonds. The molecule has 3 N–H and O–H groups in total. The Morgan fingerprint density at radius 2 is 2.00 bits per heavy atom. The quantitative estimate of drug-likeness (QED) is 0.212. The zero-order valence-electron chi connectivity index (χ0n) is 20.2. The molecule has 1 aliphatic heterocycles. The molecular formula is C22H28F2N3O8PS. The summed E-state index contributed by atoms with van der Waals surface area (Å²) in [6.45, 7) is 2.26. The normalized spacial score (nSPS) is 26.0. The number of nitrogens with zero attached hydrogens (tertiary/aromatic N) is 1. The predicted molar refractivity (Wildman–Crippen MR) is 130 cm³/mol. The third-order valence-electron chi connectivity index (χ3n) is 5.30. The number of aliphatic hydroxyl groups is 1. The maximum atomic E-state index is 15.6. The van der Waals surface area contributed by atoms with Crippen LogP contribution in [0.4, 0.5) is 8.78 Å². The van der Waals surface area contributed by atoms with Crippen molar-refractivity contribution in [1.82, 2.24) is 14.6 Å². The van der Waals surface area contributed by atoms with E-state index in [9.17, 15) is 23.7 Å². The van der Waals surface area contributed by atoms with Gasteiger partial charge in [0.1, 0.15) is 30.7 Å². The van der Waals surface area contributed by atoms with Crippen LogP contribution in [0.3, 0.4) is 0 Å². The Bertz CT molecular complexity index is 1250. The number of para-hydroxylation sites is 1. The molecule has 0 spiro atoms. The lowest BCUT2D eigenvalue weighted by Crippen LogP contribution is -2.45. The molecule has 2 heterocycles. The Balaban J connectivity index is 1.83. The van der Waals surface area contributed by atoms with E-state index in [1.165, 1.54) is 19.1 Å². The van der Waals surface area contributed by atoms with E-state index in [0.717, 1.165) is 16.8 Å². The Hall–Kier alpha value is -2.48. The monoisotopic (exact) mass is 563 g/mol. The summed E-state index contributed by atoms with van der Waals surface area (Å²) in [6, 6.07) is 7.76. The van der Waals surface area contributed by atoms with Crippen molar-refractivity contribution in [2.24, 2.45) is 0 Å². The van der Waals surface area contributed by atoms with Gasteiger partial charge in [0, 0.05) is 12.3 Å². The predicted octanol–water partition coefficient (Wildman–Crippen LogP) is 2.98. The smallest absolute Gasteiger partial charge is 0.459 e. The van der Waals surface area contributed by atoms with Gasteiger partial charge in [0.2, 0.25) is 5.67 Å². The molecule has 0 saturated carbocycles. The molecule has 0 radical (unpaired) electrons. The van der Waals surface area contributed by atoms with E-state index in [0.29, 0.717) is 0 Å². The molecule has 3 rings (SSSR count). The number of aliphatic hydroxyl groups excluding tert-OH is 1. The maximum absolute atomic E-state index is 15.6. The summed E-state index contributed by atoms with van der Waals surface area (Å²) in [4.78, 5) is 26.0. The second kappa shape index (κ2) is 11.9. The number of carbonyl (C=O) groups is 1. The summed E-state index contributed by atoms with van der Waals surface area (Å²) in [7, 11) is -4.36. The van der Waals surface area contributed by atoms with Crippen molar-refractivity contribution in [2.45, 2.75) is 57.0 Å². The topological polar surface area (TPSA) is 141 Å². The molecule has 2 unspecified atom stereocenters. The lowest BCUT2D eigenvalue weighted by molar-refractivity contribution is -0.149. The Morgan fingerprint density at radius 1 is 1.32 bits per heavy atom. The highest BCUT2D eigenvalue weighted by molar-refractivity contribution is 7.71. The van der Waals surface area contributed by atoms with Crippen molar-refractivity contribution < 1.29 is 41.8 Å². The Kier molecular flexibility index (Phi) is 9.37. The minimum atomic E-state index is -4.36. The summed E-state index contributed by atoms with van der Waals surface area (Å²) < 4.78 is 65.3. The van der Waals surface area contributed by atoms with E-state index in [2.05, 4.69) is 10.1 Å². The number of aromatic amines is 1. The van der Waals surface area contributed by atoms with Crippen LogP contribution in [0, 0.1) is 4.77 Å². The largest absolute Gasteiger partial charge is 0.462 e. The number of H-pyrrole nitrogens is 1. The van der Waals surface area contributed by atoms with Gasteiger partial charge < -0.3 is 19.1 Å². The van der Waals surface area contributed by atoms with Crippen molar-refractivity contribution in [3.63, 3.8) is 0 Å². The lowest BCUT2D eigenvalue weighted by Gasteiger charge is -2.26. The van der Waals surface area contributed by atoms with Crippen molar-refractivity contribution in [3.05, 3.63) is 57.7 Å². The number of hydrogen-bond donors (Lipinski definition) is 3. The van der Waals surface area contributed by atoms with E-state index in [1.54, 1.807) is 32.0 Å². The fraction of sp³-hybridized carbons (Fsp3) is 0.500. The highest BCUT2D eigenvalue weighted by atomic mass is 32.1. The molecule has 1 aromatic carbocycles. The maximum Gasteiger partial charge on any atom is 0.459 e. The molecule has 6 atom stereocenters. The van der Waals surface area contributed by atoms with Crippen LogP contribution in [0.5, 0.6) is 5.75 Å². The van der Waals surface area contributed by atoms with Crippen LogP contribution in [0.2, 0.25) is 0 Å². The summed E-state index contributed by atoms with van der Waals surface area (Å²) in [5, 5.41) is 13.0. The van der Waals surface area contributed by atoms with Crippen LogP contribution in [0.25, 0.3) is 0 Å². The van der Waals surface area contributed by atoms with Gasteiger partial charge >= 0.3 is 13.7 Å². The Morgan fingerprint density at radius 3 is 2.59 bits per heavy atom. The summed E-state index contributed by atoms with van der Waals surface area (Å²) in [5.41, 5.74) is -3.55. The number of benzene rings is 1. The van der Waals surface area contributed by atoms with Crippen LogP contribution in [-0.2, 0) is 23.4 Å². The van der Waals surface area contributed by atoms with E-state index >= 15 is 4.39 Å². The van der Waals surface area contributed by atoms with Crippen molar-refractivity contribution in [3.8, 4) is 5.75 Å². The number of carbonyl (C=O) groups excluding carboxylic acids is 1. The number of hydrogen-bond acceptors (Lipinski definition) is 9. The van der Waals surface area contributed by atoms with Crippen molar-refractivity contribution >= 4 is 25.9 Å². The fourth-order valence-electron chi connectivity index (χ4n) is 3.50. The average molecular weight is 564 g/mol. The SMILES string of the molecule is CC(C)OC(=O)[C@H](C)NP(=O)(OC[C@H]1O[C@@H](n2ccc(=O)[nH]c2=S)[C@@](F)(CF)C1O)Oc1ccccc1. The van der Waals surface area contributed by atoms with Crippen LogP contribution in [-0.4, -0.2) is 63.9 Å². The van der Waals surface area contributed by atoms with Crippen LogP contribution in [0.1, 0.15) is 27.0 Å². The number of ether oxygens (including phenoxy) is 2. The number of halogens is 2. The first kappa shape index (κ1) is 29.1. The molecule has 0 aliphatic carbocycles. The van der Waals surface area contributed by atoms with E-state index < -0.39 is 68.8 Å². The molecule has 1 aliphatic rings. The third-order valence-corrected chi connectivity index (χ3v) is 7.26.